The lowest BCUT2D eigenvalue weighted by Crippen LogP contribution is -2.61. The molecule has 0 aliphatic carbocycles. The van der Waals surface area contributed by atoms with Crippen molar-refractivity contribution in [2.45, 2.75) is 32.9 Å². The Bertz CT molecular complexity index is 1440. The van der Waals surface area contributed by atoms with Crippen molar-refractivity contribution in [1.82, 2.24) is 19.4 Å². The van der Waals surface area contributed by atoms with E-state index in [9.17, 15) is 32.3 Å². The number of allylic oxidation sites excluding steroid dienone is 1. The molecular formula is C25H28ClF3N6O5. The molecule has 11 nitrogen and oxygen atoms in total. The molecule has 2 aliphatic rings. The number of fused-ring (bicyclic) bond motifs is 1. The molecule has 2 aliphatic heterocycles. The van der Waals surface area contributed by atoms with Crippen molar-refractivity contribution in [3.63, 3.8) is 0 Å². The summed E-state index contributed by atoms with van der Waals surface area (Å²) in [5, 5.41) is 4.20. The summed E-state index contributed by atoms with van der Waals surface area (Å²) in [5.74, 6) is -3.38. The molecule has 216 valence electrons. The number of hydrogen-bond donors (Lipinski definition) is 1. The number of rotatable bonds is 7. The molecule has 1 N–H and O–H groups in total. The Labute approximate surface area is 231 Å². The van der Waals surface area contributed by atoms with Gasteiger partial charge in [-0.05, 0) is 38.1 Å². The molecular weight excluding hydrogens is 557 g/mol. The number of hydroxylamine groups is 1. The van der Waals surface area contributed by atoms with Gasteiger partial charge in [-0.1, -0.05) is 23.3 Å². The first-order valence-electron chi connectivity index (χ1n) is 12.4. The van der Waals surface area contributed by atoms with Crippen molar-refractivity contribution in [1.29, 1.82) is 0 Å². The SMILES string of the molecule is CC(C)=CCN1c2c(n(C)c(=O)n(CC(=O)c3ccc(Cl)cc3)c2=O)N(OC(=O)C(F)(F)F)C1N1CCNCC1. The number of anilines is 2. The Morgan fingerprint density at radius 3 is 2.33 bits per heavy atom. The predicted molar refractivity (Wildman–Crippen MR) is 141 cm³/mol. The van der Waals surface area contributed by atoms with Gasteiger partial charge in [0.15, 0.2) is 23.6 Å². The molecule has 4 rings (SSSR count). The number of nitrogens with zero attached hydrogens (tertiary/aromatic N) is 5. The monoisotopic (exact) mass is 584 g/mol. The number of benzene rings is 1. The molecule has 1 fully saturated rings. The summed E-state index contributed by atoms with van der Waals surface area (Å²) >= 11 is 5.89. The maximum absolute atomic E-state index is 13.9. The van der Waals surface area contributed by atoms with Gasteiger partial charge in [-0.2, -0.15) is 13.2 Å². The van der Waals surface area contributed by atoms with Gasteiger partial charge in [-0.15, -0.1) is 5.06 Å². The zero-order valence-electron chi connectivity index (χ0n) is 22.0. The topological polar surface area (TPSA) is 109 Å². The molecule has 40 heavy (non-hydrogen) atoms. The number of nitrogens with one attached hydrogen (secondary N) is 1. The van der Waals surface area contributed by atoms with Crippen LogP contribution in [0.2, 0.25) is 5.02 Å². The van der Waals surface area contributed by atoms with Crippen LogP contribution in [-0.4, -0.2) is 71.0 Å². The summed E-state index contributed by atoms with van der Waals surface area (Å²) in [6, 6.07) is 5.88. The number of aromatic nitrogens is 2. The van der Waals surface area contributed by atoms with Crippen LogP contribution in [0.1, 0.15) is 24.2 Å². The smallest absolute Gasteiger partial charge is 0.327 e. The zero-order chi connectivity index (χ0) is 29.4. The van der Waals surface area contributed by atoms with E-state index in [4.69, 9.17) is 16.4 Å². The van der Waals surface area contributed by atoms with E-state index in [0.717, 1.165) is 14.7 Å². The van der Waals surface area contributed by atoms with Gasteiger partial charge in [0.1, 0.15) is 0 Å². The van der Waals surface area contributed by atoms with Crippen LogP contribution in [0.25, 0.3) is 0 Å². The van der Waals surface area contributed by atoms with E-state index in [2.05, 4.69) is 5.32 Å². The minimum absolute atomic E-state index is 0.0442. The van der Waals surface area contributed by atoms with Gasteiger partial charge in [0.25, 0.3) is 5.56 Å². The molecule has 1 unspecified atom stereocenters. The van der Waals surface area contributed by atoms with Crippen LogP contribution in [0.15, 0.2) is 45.5 Å². The van der Waals surface area contributed by atoms with Crippen molar-refractivity contribution in [2.24, 2.45) is 7.05 Å². The van der Waals surface area contributed by atoms with Gasteiger partial charge in [0.05, 0.1) is 6.54 Å². The number of halogens is 4. The average molecular weight is 585 g/mol. The van der Waals surface area contributed by atoms with E-state index in [1.54, 1.807) is 11.0 Å². The number of hydrogen-bond acceptors (Lipinski definition) is 9. The van der Waals surface area contributed by atoms with E-state index >= 15 is 0 Å². The molecule has 0 amide bonds. The molecule has 2 aromatic rings. The van der Waals surface area contributed by atoms with Crippen LogP contribution in [0, 0.1) is 0 Å². The highest BCUT2D eigenvalue weighted by atomic mass is 35.5. The van der Waals surface area contributed by atoms with Crippen molar-refractivity contribution in [3.8, 4) is 0 Å². The molecule has 1 atom stereocenters. The van der Waals surface area contributed by atoms with E-state index in [-0.39, 0.29) is 23.6 Å². The lowest BCUT2D eigenvalue weighted by Gasteiger charge is -2.40. The summed E-state index contributed by atoms with van der Waals surface area (Å²) in [6.07, 6.45) is -4.75. The second-order valence-corrected chi connectivity index (χ2v) is 10.0. The number of carbonyl (C=O) groups is 2. The van der Waals surface area contributed by atoms with Gasteiger partial charge in [-0.3, -0.25) is 23.6 Å². The third-order valence-corrected chi connectivity index (χ3v) is 6.79. The summed E-state index contributed by atoms with van der Waals surface area (Å²) < 4.78 is 41.6. The molecule has 1 saturated heterocycles. The predicted octanol–water partition coefficient (Wildman–Crippen LogP) is 1.89. The lowest BCUT2D eigenvalue weighted by molar-refractivity contribution is -0.203. The fraction of sp³-hybridized carbons (Fsp3) is 0.440. The zero-order valence-corrected chi connectivity index (χ0v) is 22.8. The number of carbonyl (C=O) groups excluding carboxylic acids is 2. The van der Waals surface area contributed by atoms with Crippen molar-refractivity contribution in [3.05, 3.63) is 67.3 Å². The minimum atomic E-state index is -5.33. The van der Waals surface area contributed by atoms with Crippen LogP contribution in [-0.2, 0) is 23.2 Å². The first-order valence-corrected chi connectivity index (χ1v) is 12.7. The fourth-order valence-corrected chi connectivity index (χ4v) is 4.69. The first-order chi connectivity index (χ1) is 18.8. The molecule has 0 radical (unpaired) electrons. The fourth-order valence-electron chi connectivity index (χ4n) is 4.56. The van der Waals surface area contributed by atoms with Gasteiger partial charge >= 0.3 is 17.8 Å². The molecule has 1 aromatic carbocycles. The standard InChI is InChI=1S/C25H28ClF3N6O5/c1-15(2)8-11-33-19-20(35(40-22(38)25(27,28)29)23(33)32-12-9-30-10-13-32)31(3)24(39)34(21(19)37)14-18(36)16-4-6-17(26)7-5-16/h4-8,23,30H,9-14H2,1-3H3. The highest BCUT2D eigenvalue weighted by Crippen LogP contribution is 2.38. The van der Waals surface area contributed by atoms with Gasteiger partial charge in [-0.25, -0.2) is 9.59 Å². The molecule has 15 heteroatoms. The normalized spacial score (nSPS) is 17.5. The first kappa shape index (κ1) is 29.4. The highest BCUT2D eigenvalue weighted by Gasteiger charge is 2.50. The third-order valence-electron chi connectivity index (χ3n) is 6.53. The quantitative estimate of drug-likeness (QED) is 0.385. The maximum atomic E-state index is 13.9. The van der Waals surface area contributed by atoms with Crippen molar-refractivity contribution >= 4 is 34.9 Å². The molecule has 0 spiro atoms. The van der Waals surface area contributed by atoms with E-state index in [1.165, 1.54) is 36.2 Å². The van der Waals surface area contributed by atoms with Gasteiger partial charge in [0, 0.05) is 50.4 Å². The van der Waals surface area contributed by atoms with Crippen LogP contribution in [0.4, 0.5) is 24.7 Å². The lowest BCUT2D eigenvalue weighted by atomic mass is 10.1. The van der Waals surface area contributed by atoms with Crippen LogP contribution >= 0.6 is 11.6 Å². The third kappa shape index (κ3) is 5.78. The Morgan fingerprint density at radius 2 is 1.75 bits per heavy atom. The largest absolute Gasteiger partial charge is 0.493 e. The Hall–Kier alpha value is -3.62. The van der Waals surface area contributed by atoms with E-state index in [0.29, 0.717) is 36.3 Å². The van der Waals surface area contributed by atoms with E-state index < -0.39 is 42.0 Å². The van der Waals surface area contributed by atoms with E-state index in [1.807, 2.05) is 13.8 Å². The van der Waals surface area contributed by atoms with Crippen molar-refractivity contribution in [2.75, 3.05) is 42.7 Å². The van der Waals surface area contributed by atoms with Crippen LogP contribution in [0.3, 0.4) is 0 Å². The summed E-state index contributed by atoms with van der Waals surface area (Å²) in [7, 11) is 1.23. The Balaban J connectivity index is 1.89. The second-order valence-electron chi connectivity index (χ2n) is 9.60. The molecule has 0 saturated carbocycles. The second kappa shape index (κ2) is 11.5. The Morgan fingerprint density at radius 1 is 1.12 bits per heavy atom. The number of ketones is 1. The van der Waals surface area contributed by atoms with Crippen molar-refractivity contribution < 1.29 is 27.6 Å². The maximum Gasteiger partial charge on any atom is 0.493 e. The summed E-state index contributed by atoms with van der Waals surface area (Å²) in [6.45, 7) is 4.71. The van der Waals surface area contributed by atoms with Crippen LogP contribution < -0.4 is 26.5 Å². The van der Waals surface area contributed by atoms with Gasteiger partial charge < -0.3 is 15.1 Å². The molecule has 0 bridgehead atoms. The minimum Gasteiger partial charge on any atom is -0.327 e. The summed E-state index contributed by atoms with van der Waals surface area (Å²) in [4.78, 5) is 60.3. The summed E-state index contributed by atoms with van der Waals surface area (Å²) in [5.41, 5.74) is -0.994. The van der Waals surface area contributed by atoms with Crippen LogP contribution in [0.5, 0.6) is 0 Å². The van der Waals surface area contributed by atoms with Gasteiger partial charge in [0.2, 0.25) is 0 Å². The average Bonchev–Trinajstić information content (AvgIpc) is 3.22. The Kier molecular flexibility index (Phi) is 8.42. The number of Topliss-reactive ketones (excluding diaryl/α,β-unsaturated/α-hetero) is 1. The number of piperazine rings is 1. The molecule has 1 aromatic heterocycles. The number of alkyl halides is 3. The molecule has 3 heterocycles. The highest BCUT2D eigenvalue weighted by molar-refractivity contribution is 6.30.